The molecular weight excluding hydrogens is 314 g/mol. The summed E-state index contributed by atoms with van der Waals surface area (Å²) in [4.78, 5) is 13.7. The van der Waals surface area contributed by atoms with Crippen LogP contribution in [0.25, 0.3) is 5.69 Å². The Hall–Kier alpha value is -1.92. The summed E-state index contributed by atoms with van der Waals surface area (Å²) in [7, 11) is 0. The number of aromatic nitrogens is 3. The predicted octanol–water partition coefficient (Wildman–Crippen LogP) is 1.81. The molecule has 0 unspecified atom stereocenters. The zero-order valence-corrected chi connectivity index (χ0v) is 14.0. The van der Waals surface area contributed by atoms with Gasteiger partial charge in [-0.1, -0.05) is 25.1 Å². The lowest BCUT2D eigenvalue weighted by atomic mass is 9.81. The molecule has 124 valence electrons. The molecule has 6 nitrogen and oxygen atoms in total. The van der Waals surface area contributed by atoms with Crippen molar-refractivity contribution in [2.75, 3.05) is 19.6 Å². The van der Waals surface area contributed by atoms with Crippen molar-refractivity contribution in [3.8, 4) is 5.69 Å². The van der Waals surface area contributed by atoms with Crippen LogP contribution in [0.15, 0.2) is 36.5 Å². The normalized spacial score (nSPS) is 16.4. The first-order valence-corrected chi connectivity index (χ1v) is 7.63. The van der Waals surface area contributed by atoms with E-state index in [1.165, 1.54) is 11.0 Å². The van der Waals surface area contributed by atoms with Gasteiger partial charge in [-0.15, -0.1) is 17.5 Å². The molecule has 23 heavy (non-hydrogen) atoms. The van der Waals surface area contributed by atoms with Gasteiger partial charge in [-0.25, -0.2) is 0 Å². The molecule has 0 atom stereocenters. The average molecular weight is 336 g/mol. The molecule has 0 spiro atoms. The average Bonchev–Trinajstić information content (AvgIpc) is 3.04. The van der Waals surface area contributed by atoms with E-state index in [2.05, 4.69) is 27.8 Å². The summed E-state index contributed by atoms with van der Waals surface area (Å²) in [5.74, 6) is -0.165. The van der Waals surface area contributed by atoms with Gasteiger partial charge in [-0.2, -0.15) is 9.90 Å². The molecule has 1 fully saturated rings. The van der Waals surface area contributed by atoms with E-state index in [4.69, 9.17) is 0 Å². The van der Waals surface area contributed by atoms with Crippen molar-refractivity contribution >= 4 is 18.3 Å². The molecule has 1 aromatic heterocycles. The van der Waals surface area contributed by atoms with Gasteiger partial charge in [0.15, 0.2) is 5.69 Å². The van der Waals surface area contributed by atoms with E-state index in [1.54, 1.807) is 0 Å². The second-order valence-electron chi connectivity index (χ2n) is 6.10. The molecule has 0 bridgehead atoms. The fourth-order valence-electron chi connectivity index (χ4n) is 2.64. The highest BCUT2D eigenvalue weighted by molar-refractivity contribution is 5.91. The summed E-state index contributed by atoms with van der Waals surface area (Å²) >= 11 is 0. The van der Waals surface area contributed by atoms with Gasteiger partial charge in [0.2, 0.25) is 0 Å². The molecule has 7 heteroatoms. The number of nitrogens with zero attached hydrogens (tertiary/aromatic N) is 3. The highest BCUT2D eigenvalue weighted by atomic mass is 35.5. The molecule has 0 radical (unpaired) electrons. The van der Waals surface area contributed by atoms with Crippen molar-refractivity contribution in [2.24, 2.45) is 5.41 Å². The van der Waals surface area contributed by atoms with Crippen LogP contribution in [0.1, 0.15) is 30.3 Å². The van der Waals surface area contributed by atoms with Crippen LogP contribution in [0.3, 0.4) is 0 Å². The van der Waals surface area contributed by atoms with E-state index in [1.807, 2.05) is 30.3 Å². The maximum absolute atomic E-state index is 12.2. The van der Waals surface area contributed by atoms with E-state index in [0.717, 1.165) is 31.6 Å². The van der Waals surface area contributed by atoms with Gasteiger partial charge in [-0.05, 0) is 43.5 Å². The molecule has 2 aromatic rings. The van der Waals surface area contributed by atoms with Gasteiger partial charge >= 0.3 is 0 Å². The quantitative estimate of drug-likeness (QED) is 0.894. The lowest BCUT2D eigenvalue weighted by Crippen LogP contribution is -2.43. The fraction of sp³-hybridized carbons (Fsp3) is 0.438. The summed E-state index contributed by atoms with van der Waals surface area (Å²) in [6.07, 6.45) is 3.65. The third kappa shape index (κ3) is 4.30. The van der Waals surface area contributed by atoms with Crippen LogP contribution in [0.5, 0.6) is 0 Å². The third-order valence-electron chi connectivity index (χ3n) is 4.20. The number of hydrogen-bond acceptors (Lipinski definition) is 4. The van der Waals surface area contributed by atoms with Crippen molar-refractivity contribution in [1.29, 1.82) is 0 Å². The number of rotatable bonds is 4. The number of carbonyl (C=O) groups is 1. The predicted molar refractivity (Wildman–Crippen MR) is 91.2 cm³/mol. The second kappa shape index (κ2) is 7.57. The topological polar surface area (TPSA) is 71.8 Å². The Kier molecular flexibility index (Phi) is 5.74. The van der Waals surface area contributed by atoms with Crippen molar-refractivity contribution < 1.29 is 4.79 Å². The van der Waals surface area contributed by atoms with Crippen molar-refractivity contribution in [3.63, 3.8) is 0 Å². The first-order valence-electron chi connectivity index (χ1n) is 7.63. The number of hydrogen-bond donors (Lipinski definition) is 2. The molecule has 2 heterocycles. The number of amides is 1. The van der Waals surface area contributed by atoms with Crippen molar-refractivity contribution in [1.82, 2.24) is 25.6 Å². The number of halogens is 1. The monoisotopic (exact) mass is 335 g/mol. The summed E-state index contributed by atoms with van der Waals surface area (Å²) in [5.41, 5.74) is 1.35. The Morgan fingerprint density at radius 3 is 2.70 bits per heavy atom. The maximum Gasteiger partial charge on any atom is 0.273 e. The summed E-state index contributed by atoms with van der Waals surface area (Å²) < 4.78 is 0. The standard InChI is InChI=1S/C16H21N5O.ClH/c1-16(7-9-17-10-8-16)12-18-15(22)14-11-19-21(20-14)13-5-3-2-4-6-13;/h2-6,11,17H,7-10,12H2,1H3,(H,18,22);1H. The number of nitrogens with one attached hydrogen (secondary N) is 2. The van der Waals surface area contributed by atoms with Crippen LogP contribution in [0.2, 0.25) is 0 Å². The minimum absolute atomic E-state index is 0. The fourth-order valence-corrected chi connectivity index (χ4v) is 2.64. The Morgan fingerprint density at radius 1 is 1.30 bits per heavy atom. The number of carbonyl (C=O) groups excluding carboxylic acids is 1. The summed E-state index contributed by atoms with van der Waals surface area (Å²) in [5, 5.41) is 14.7. The van der Waals surface area contributed by atoms with Crippen molar-refractivity contribution in [2.45, 2.75) is 19.8 Å². The molecule has 1 saturated heterocycles. The molecular formula is C16H22ClN5O. The molecule has 1 aliphatic rings. The number of benzene rings is 1. The molecule has 2 N–H and O–H groups in total. The van der Waals surface area contributed by atoms with E-state index >= 15 is 0 Å². The molecule has 1 aliphatic heterocycles. The van der Waals surface area contributed by atoms with Gasteiger partial charge in [0.05, 0.1) is 11.9 Å². The van der Waals surface area contributed by atoms with Crippen LogP contribution < -0.4 is 10.6 Å². The van der Waals surface area contributed by atoms with E-state index < -0.39 is 0 Å². The third-order valence-corrected chi connectivity index (χ3v) is 4.20. The van der Waals surface area contributed by atoms with Gasteiger partial charge in [0.25, 0.3) is 5.91 Å². The van der Waals surface area contributed by atoms with Gasteiger partial charge in [0, 0.05) is 6.54 Å². The summed E-state index contributed by atoms with van der Waals surface area (Å²) in [6.45, 7) is 4.91. The number of piperidine rings is 1. The van der Waals surface area contributed by atoms with Crippen LogP contribution in [-0.2, 0) is 0 Å². The van der Waals surface area contributed by atoms with E-state index in [9.17, 15) is 4.79 Å². The highest BCUT2D eigenvalue weighted by Gasteiger charge is 2.27. The summed E-state index contributed by atoms with van der Waals surface area (Å²) in [6, 6.07) is 9.56. The minimum atomic E-state index is -0.165. The Labute approximate surface area is 142 Å². The van der Waals surface area contributed by atoms with Gasteiger partial charge < -0.3 is 10.6 Å². The second-order valence-corrected chi connectivity index (χ2v) is 6.10. The molecule has 0 saturated carbocycles. The largest absolute Gasteiger partial charge is 0.350 e. The Morgan fingerprint density at radius 2 is 2.00 bits per heavy atom. The minimum Gasteiger partial charge on any atom is -0.350 e. The van der Waals surface area contributed by atoms with Gasteiger partial charge in [0.1, 0.15) is 0 Å². The lowest BCUT2D eigenvalue weighted by Gasteiger charge is -2.33. The maximum atomic E-state index is 12.2. The van der Waals surface area contributed by atoms with E-state index in [-0.39, 0.29) is 23.7 Å². The highest BCUT2D eigenvalue weighted by Crippen LogP contribution is 2.26. The molecule has 1 aromatic carbocycles. The zero-order valence-electron chi connectivity index (χ0n) is 13.2. The molecule has 0 aliphatic carbocycles. The zero-order chi connectivity index (χ0) is 15.4. The smallest absolute Gasteiger partial charge is 0.273 e. The van der Waals surface area contributed by atoms with Crippen molar-refractivity contribution in [3.05, 3.63) is 42.2 Å². The Balaban J connectivity index is 0.00000192. The van der Waals surface area contributed by atoms with Crippen LogP contribution in [0, 0.1) is 5.41 Å². The van der Waals surface area contributed by atoms with Gasteiger partial charge in [-0.3, -0.25) is 4.79 Å². The SMILES string of the molecule is CC1(CNC(=O)c2cnn(-c3ccccc3)n2)CCNCC1.Cl. The molecule has 3 rings (SSSR count). The van der Waals surface area contributed by atoms with Crippen LogP contribution in [0.4, 0.5) is 0 Å². The lowest BCUT2D eigenvalue weighted by molar-refractivity contribution is 0.0917. The van der Waals surface area contributed by atoms with E-state index in [0.29, 0.717) is 12.2 Å². The number of para-hydroxylation sites is 1. The van der Waals surface area contributed by atoms with Crippen LogP contribution >= 0.6 is 12.4 Å². The molecule has 1 amide bonds. The Bertz CT molecular complexity index is 637. The van der Waals surface area contributed by atoms with Crippen LogP contribution in [-0.4, -0.2) is 40.5 Å². The first-order chi connectivity index (χ1) is 10.7. The first kappa shape index (κ1) is 17.4.